The molecule has 0 saturated heterocycles. The van der Waals surface area contributed by atoms with Gasteiger partial charge in [0.15, 0.2) is 5.78 Å². The maximum atomic E-state index is 12.0. The minimum atomic E-state index is -0.0590. The summed E-state index contributed by atoms with van der Waals surface area (Å²) in [6.45, 7) is 6.81. The third-order valence-electron chi connectivity index (χ3n) is 4.43. The van der Waals surface area contributed by atoms with E-state index in [-0.39, 0.29) is 5.41 Å². The second-order valence-electron chi connectivity index (χ2n) is 5.81. The van der Waals surface area contributed by atoms with E-state index in [1.54, 1.807) is 6.08 Å². The van der Waals surface area contributed by atoms with E-state index in [0.29, 0.717) is 17.1 Å². The van der Waals surface area contributed by atoms with Crippen molar-refractivity contribution in [2.45, 2.75) is 46.5 Å². The van der Waals surface area contributed by atoms with E-state index in [4.69, 9.17) is 0 Å². The molecule has 2 aliphatic rings. The molecule has 0 aromatic heterocycles. The fourth-order valence-electron chi connectivity index (χ4n) is 3.50. The summed E-state index contributed by atoms with van der Waals surface area (Å²) in [6, 6.07) is 0. The number of carbonyl (C=O) groups is 1. The topological polar surface area (TPSA) is 17.1 Å². The van der Waals surface area contributed by atoms with Crippen LogP contribution in [-0.2, 0) is 4.79 Å². The third kappa shape index (κ3) is 1.25. The highest BCUT2D eigenvalue weighted by Gasteiger charge is 2.50. The van der Waals surface area contributed by atoms with Crippen LogP contribution in [0.2, 0.25) is 0 Å². The summed E-state index contributed by atoms with van der Waals surface area (Å²) in [5.41, 5.74) is 0.282. The Morgan fingerprint density at radius 3 is 2.64 bits per heavy atom. The van der Waals surface area contributed by atoms with Gasteiger partial charge in [0, 0.05) is 5.41 Å². The van der Waals surface area contributed by atoms with Crippen LogP contribution in [0.4, 0.5) is 0 Å². The molecule has 0 N–H and O–H groups in total. The van der Waals surface area contributed by atoms with Crippen molar-refractivity contribution >= 4 is 5.78 Å². The predicted molar refractivity (Wildman–Crippen MR) is 58.0 cm³/mol. The molecule has 14 heavy (non-hydrogen) atoms. The van der Waals surface area contributed by atoms with Crippen molar-refractivity contribution in [1.82, 2.24) is 0 Å². The molecular weight excluding hydrogens is 172 g/mol. The summed E-state index contributed by atoms with van der Waals surface area (Å²) in [6.07, 6.45) is 8.53. The molecule has 1 fully saturated rings. The number of hydrogen-bond donors (Lipinski definition) is 0. The highest BCUT2D eigenvalue weighted by molar-refractivity contribution is 5.95. The number of fused-ring (bicyclic) bond motifs is 1. The molecule has 0 aromatic rings. The maximum absolute atomic E-state index is 12.0. The highest BCUT2D eigenvalue weighted by Crippen LogP contribution is 2.54. The Hall–Kier alpha value is -0.590. The normalized spacial score (nSPS) is 40.8. The highest BCUT2D eigenvalue weighted by atomic mass is 16.1. The Morgan fingerprint density at radius 2 is 2.00 bits per heavy atom. The van der Waals surface area contributed by atoms with Crippen LogP contribution < -0.4 is 0 Å². The molecule has 0 spiro atoms. The Labute approximate surface area is 86.6 Å². The minimum absolute atomic E-state index is 0.0590. The number of hydrogen-bond acceptors (Lipinski definition) is 1. The van der Waals surface area contributed by atoms with E-state index in [2.05, 4.69) is 26.8 Å². The summed E-state index contributed by atoms with van der Waals surface area (Å²) < 4.78 is 0. The summed E-state index contributed by atoms with van der Waals surface area (Å²) in [5, 5.41) is 0. The molecule has 2 rings (SSSR count). The average molecular weight is 192 g/mol. The van der Waals surface area contributed by atoms with Crippen molar-refractivity contribution in [2.75, 3.05) is 0 Å². The van der Waals surface area contributed by atoms with Gasteiger partial charge in [0.1, 0.15) is 0 Å². The largest absolute Gasteiger partial charge is 0.294 e. The van der Waals surface area contributed by atoms with Crippen molar-refractivity contribution in [3.8, 4) is 0 Å². The third-order valence-corrected chi connectivity index (χ3v) is 4.43. The zero-order chi connectivity index (χ0) is 10.4. The molecule has 0 aromatic carbocycles. The van der Waals surface area contributed by atoms with Gasteiger partial charge in [-0.15, -0.1) is 0 Å². The standard InChI is InChI=1S/C13H20O/c1-12(2)8-5-9-13(3)10(12)6-4-7-11(13)14/h4,7,10H,5-6,8-9H2,1-3H3/t10-,13-/m0/s1. The maximum Gasteiger partial charge on any atom is 0.161 e. The van der Waals surface area contributed by atoms with E-state index in [9.17, 15) is 4.79 Å². The second-order valence-corrected chi connectivity index (χ2v) is 5.81. The number of allylic oxidation sites excluding steroid dienone is 2. The van der Waals surface area contributed by atoms with Crippen LogP contribution in [0.3, 0.4) is 0 Å². The minimum Gasteiger partial charge on any atom is -0.294 e. The summed E-state index contributed by atoms with van der Waals surface area (Å²) in [7, 11) is 0. The van der Waals surface area contributed by atoms with Gasteiger partial charge in [-0.2, -0.15) is 0 Å². The molecule has 0 amide bonds. The van der Waals surface area contributed by atoms with Gasteiger partial charge in [-0.25, -0.2) is 0 Å². The lowest BCUT2D eigenvalue weighted by molar-refractivity contribution is -0.133. The van der Waals surface area contributed by atoms with Gasteiger partial charge >= 0.3 is 0 Å². The number of rotatable bonds is 0. The SMILES string of the molecule is CC1(C)CCC[C@]2(C)C(=O)C=CC[C@@H]12. The van der Waals surface area contributed by atoms with E-state index >= 15 is 0 Å². The van der Waals surface area contributed by atoms with Crippen LogP contribution in [0, 0.1) is 16.7 Å². The lowest BCUT2D eigenvalue weighted by atomic mass is 9.53. The molecule has 1 nitrogen and oxygen atoms in total. The first-order valence-electron chi connectivity index (χ1n) is 5.68. The number of carbonyl (C=O) groups excluding carboxylic acids is 1. The Kier molecular flexibility index (Phi) is 2.09. The van der Waals surface area contributed by atoms with Crippen LogP contribution in [0.5, 0.6) is 0 Å². The van der Waals surface area contributed by atoms with E-state index < -0.39 is 0 Å². The lowest BCUT2D eigenvalue weighted by Crippen LogP contribution is -2.47. The van der Waals surface area contributed by atoms with Gasteiger partial charge in [-0.3, -0.25) is 4.79 Å². The monoisotopic (exact) mass is 192 g/mol. The van der Waals surface area contributed by atoms with Gasteiger partial charge in [0.2, 0.25) is 0 Å². The van der Waals surface area contributed by atoms with Crippen LogP contribution in [-0.4, -0.2) is 5.78 Å². The van der Waals surface area contributed by atoms with E-state index in [0.717, 1.165) is 12.8 Å². The quantitative estimate of drug-likeness (QED) is 0.575. The smallest absolute Gasteiger partial charge is 0.161 e. The van der Waals surface area contributed by atoms with Crippen LogP contribution in [0.15, 0.2) is 12.2 Å². The van der Waals surface area contributed by atoms with E-state index in [1.165, 1.54) is 12.8 Å². The fourth-order valence-corrected chi connectivity index (χ4v) is 3.50. The Morgan fingerprint density at radius 1 is 1.29 bits per heavy atom. The van der Waals surface area contributed by atoms with Gasteiger partial charge in [-0.1, -0.05) is 33.3 Å². The zero-order valence-corrected chi connectivity index (χ0v) is 9.47. The fraction of sp³-hybridized carbons (Fsp3) is 0.769. The average Bonchev–Trinajstić information content (AvgIpc) is 2.08. The van der Waals surface area contributed by atoms with Gasteiger partial charge in [-0.05, 0) is 36.7 Å². The molecule has 2 aliphatic carbocycles. The van der Waals surface area contributed by atoms with Crippen molar-refractivity contribution < 1.29 is 4.79 Å². The summed E-state index contributed by atoms with van der Waals surface area (Å²) in [5.74, 6) is 0.919. The predicted octanol–water partition coefficient (Wildman–Crippen LogP) is 3.35. The zero-order valence-electron chi connectivity index (χ0n) is 9.47. The molecule has 1 heteroatoms. The summed E-state index contributed by atoms with van der Waals surface area (Å²) in [4.78, 5) is 12.0. The van der Waals surface area contributed by atoms with Crippen LogP contribution >= 0.6 is 0 Å². The summed E-state index contributed by atoms with van der Waals surface area (Å²) >= 11 is 0. The van der Waals surface area contributed by atoms with Crippen molar-refractivity contribution in [3.05, 3.63) is 12.2 Å². The molecule has 0 unspecified atom stereocenters. The number of ketones is 1. The van der Waals surface area contributed by atoms with Crippen molar-refractivity contribution in [3.63, 3.8) is 0 Å². The van der Waals surface area contributed by atoms with Gasteiger partial charge in [0.05, 0.1) is 0 Å². The lowest BCUT2D eigenvalue weighted by Gasteiger charge is -2.50. The van der Waals surface area contributed by atoms with Crippen LogP contribution in [0.1, 0.15) is 46.5 Å². The van der Waals surface area contributed by atoms with Gasteiger partial charge in [0.25, 0.3) is 0 Å². The van der Waals surface area contributed by atoms with Crippen molar-refractivity contribution in [2.24, 2.45) is 16.7 Å². The molecule has 0 aliphatic heterocycles. The molecule has 2 atom stereocenters. The molecule has 0 heterocycles. The molecular formula is C13H20O. The molecule has 0 radical (unpaired) electrons. The first kappa shape index (κ1) is 9.95. The first-order valence-corrected chi connectivity index (χ1v) is 5.68. The Balaban J connectivity index is 2.39. The van der Waals surface area contributed by atoms with Crippen molar-refractivity contribution in [1.29, 1.82) is 0 Å². The molecule has 78 valence electrons. The van der Waals surface area contributed by atoms with Gasteiger partial charge < -0.3 is 0 Å². The first-order chi connectivity index (χ1) is 6.47. The molecule has 1 saturated carbocycles. The molecule has 0 bridgehead atoms. The Bertz CT molecular complexity index is 288. The van der Waals surface area contributed by atoms with E-state index in [1.807, 2.05) is 0 Å². The van der Waals surface area contributed by atoms with Crippen LogP contribution in [0.25, 0.3) is 0 Å². The second kappa shape index (κ2) is 2.95.